The van der Waals surface area contributed by atoms with Gasteiger partial charge in [0.05, 0.1) is 0 Å². The fourth-order valence-electron chi connectivity index (χ4n) is 1.98. The van der Waals surface area contributed by atoms with Crippen LogP contribution in [-0.2, 0) is 13.0 Å². The summed E-state index contributed by atoms with van der Waals surface area (Å²) >= 11 is 1.99. The van der Waals surface area contributed by atoms with Gasteiger partial charge in [0.2, 0.25) is 0 Å². The molecule has 0 fully saturated rings. The molecule has 0 bridgehead atoms. The maximum absolute atomic E-state index is 5.46. The fraction of sp³-hybridized carbons (Fsp3) is 0.538. The molecule has 0 radical (unpaired) electrons. The van der Waals surface area contributed by atoms with Crippen LogP contribution in [0.2, 0.25) is 0 Å². The van der Waals surface area contributed by atoms with E-state index in [0.717, 1.165) is 26.1 Å². The molecular formula is C13H20N2S. The predicted octanol–water partition coefficient (Wildman–Crippen LogP) is 2.16. The van der Waals surface area contributed by atoms with Crippen LogP contribution in [0.1, 0.15) is 24.0 Å². The number of thioether (sulfide) groups is 1. The number of benzene rings is 1. The van der Waals surface area contributed by atoms with Crippen LogP contribution in [0, 0.1) is 0 Å². The van der Waals surface area contributed by atoms with Gasteiger partial charge in [-0.25, -0.2) is 0 Å². The summed E-state index contributed by atoms with van der Waals surface area (Å²) in [5.74, 6) is 1.28. The molecule has 1 aromatic rings. The van der Waals surface area contributed by atoms with E-state index in [1.54, 1.807) is 0 Å². The Balaban J connectivity index is 1.90. The zero-order valence-corrected chi connectivity index (χ0v) is 10.5. The Morgan fingerprint density at radius 1 is 1.38 bits per heavy atom. The largest absolute Gasteiger partial charge is 0.330 e. The van der Waals surface area contributed by atoms with E-state index in [1.165, 1.54) is 34.6 Å². The number of nitrogens with two attached hydrogens (primary N) is 1. The van der Waals surface area contributed by atoms with Crippen molar-refractivity contribution in [1.82, 2.24) is 5.32 Å². The van der Waals surface area contributed by atoms with Gasteiger partial charge in [0.15, 0.2) is 0 Å². The Bertz CT molecular complexity index is 339. The first-order valence-corrected chi connectivity index (χ1v) is 7.04. The molecule has 1 heterocycles. The lowest BCUT2D eigenvalue weighted by atomic mass is 10.1. The second-order valence-electron chi connectivity index (χ2n) is 4.21. The first kappa shape index (κ1) is 12.0. The molecule has 2 nitrogen and oxygen atoms in total. The summed E-state index contributed by atoms with van der Waals surface area (Å²) in [5, 5.41) is 3.42. The number of rotatable bonds is 5. The normalized spacial score (nSPS) is 14.8. The molecule has 0 aliphatic carbocycles. The average Bonchev–Trinajstić information content (AvgIpc) is 2.34. The first-order valence-electron chi connectivity index (χ1n) is 6.05. The second kappa shape index (κ2) is 6.28. The zero-order valence-electron chi connectivity index (χ0n) is 9.67. The Hall–Kier alpha value is -0.510. The lowest BCUT2D eigenvalue weighted by Gasteiger charge is -2.16. The van der Waals surface area contributed by atoms with Crippen LogP contribution in [0.4, 0.5) is 0 Å². The van der Waals surface area contributed by atoms with Crippen molar-refractivity contribution in [3.8, 4) is 0 Å². The quantitative estimate of drug-likeness (QED) is 0.769. The summed E-state index contributed by atoms with van der Waals surface area (Å²) in [6, 6.07) is 6.88. The van der Waals surface area contributed by atoms with Crippen LogP contribution in [0.5, 0.6) is 0 Å². The van der Waals surface area contributed by atoms with E-state index in [9.17, 15) is 0 Å². The van der Waals surface area contributed by atoms with Crippen LogP contribution in [0.25, 0.3) is 0 Å². The lowest BCUT2D eigenvalue weighted by Crippen LogP contribution is -2.17. The SMILES string of the molecule is NCCCNCc1ccc2c(c1)CCCS2. The number of fused-ring (bicyclic) bond motifs is 1. The van der Waals surface area contributed by atoms with Gasteiger partial charge >= 0.3 is 0 Å². The van der Waals surface area contributed by atoms with Gasteiger partial charge in [-0.1, -0.05) is 12.1 Å². The molecule has 16 heavy (non-hydrogen) atoms. The minimum absolute atomic E-state index is 0.772. The summed E-state index contributed by atoms with van der Waals surface area (Å²) in [5.41, 5.74) is 8.39. The fourth-order valence-corrected chi connectivity index (χ4v) is 3.00. The maximum Gasteiger partial charge on any atom is 0.0205 e. The monoisotopic (exact) mass is 236 g/mol. The lowest BCUT2D eigenvalue weighted by molar-refractivity contribution is 0.654. The maximum atomic E-state index is 5.46. The van der Waals surface area contributed by atoms with Crippen molar-refractivity contribution in [3.05, 3.63) is 29.3 Å². The van der Waals surface area contributed by atoms with Crippen LogP contribution < -0.4 is 11.1 Å². The molecule has 0 saturated carbocycles. The van der Waals surface area contributed by atoms with E-state index in [1.807, 2.05) is 11.8 Å². The molecule has 0 amide bonds. The molecule has 0 aromatic heterocycles. The molecule has 2 rings (SSSR count). The Morgan fingerprint density at radius 3 is 3.19 bits per heavy atom. The number of hydrogen-bond donors (Lipinski definition) is 2. The van der Waals surface area contributed by atoms with Crippen molar-refractivity contribution in [3.63, 3.8) is 0 Å². The standard InChI is InChI=1S/C13H20N2S/c14-6-2-7-15-10-11-4-5-13-12(9-11)3-1-8-16-13/h4-5,9,15H,1-3,6-8,10,14H2. The van der Waals surface area contributed by atoms with Gasteiger partial charge < -0.3 is 11.1 Å². The van der Waals surface area contributed by atoms with Crippen molar-refractivity contribution in [2.45, 2.75) is 30.7 Å². The third-order valence-electron chi connectivity index (χ3n) is 2.86. The molecule has 0 atom stereocenters. The Morgan fingerprint density at radius 2 is 2.31 bits per heavy atom. The summed E-state index contributed by atoms with van der Waals surface area (Å²) in [6.07, 6.45) is 3.63. The van der Waals surface area contributed by atoms with E-state index in [2.05, 4.69) is 23.5 Å². The van der Waals surface area contributed by atoms with Gasteiger partial charge in [0.1, 0.15) is 0 Å². The highest BCUT2D eigenvalue weighted by molar-refractivity contribution is 7.99. The second-order valence-corrected chi connectivity index (χ2v) is 5.35. The van der Waals surface area contributed by atoms with E-state index in [-0.39, 0.29) is 0 Å². The summed E-state index contributed by atoms with van der Waals surface area (Å²) < 4.78 is 0. The highest BCUT2D eigenvalue weighted by atomic mass is 32.2. The number of nitrogens with one attached hydrogen (secondary N) is 1. The van der Waals surface area contributed by atoms with Gasteiger partial charge in [0.25, 0.3) is 0 Å². The highest BCUT2D eigenvalue weighted by Crippen LogP contribution is 2.30. The van der Waals surface area contributed by atoms with Crippen molar-refractivity contribution in [1.29, 1.82) is 0 Å². The Kier molecular flexibility index (Phi) is 4.69. The van der Waals surface area contributed by atoms with Gasteiger partial charge in [-0.15, -0.1) is 11.8 Å². The molecule has 1 aliphatic rings. The van der Waals surface area contributed by atoms with Crippen LogP contribution >= 0.6 is 11.8 Å². The highest BCUT2D eigenvalue weighted by Gasteiger charge is 2.09. The predicted molar refractivity (Wildman–Crippen MR) is 70.9 cm³/mol. The van der Waals surface area contributed by atoms with Crippen LogP contribution in [-0.4, -0.2) is 18.8 Å². The van der Waals surface area contributed by atoms with Gasteiger partial charge in [-0.3, -0.25) is 0 Å². The third-order valence-corrected chi connectivity index (χ3v) is 4.06. The molecule has 1 aliphatic heterocycles. The molecule has 3 heteroatoms. The molecule has 0 unspecified atom stereocenters. The number of hydrogen-bond acceptors (Lipinski definition) is 3. The third kappa shape index (κ3) is 3.24. The number of aryl methyl sites for hydroxylation is 1. The minimum Gasteiger partial charge on any atom is -0.330 e. The summed E-state index contributed by atoms with van der Waals surface area (Å²) in [4.78, 5) is 1.48. The van der Waals surface area contributed by atoms with Crippen molar-refractivity contribution in [2.75, 3.05) is 18.8 Å². The molecule has 88 valence electrons. The van der Waals surface area contributed by atoms with Crippen molar-refractivity contribution < 1.29 is 0 Å². The topological polar surface area (TPSA) is 38.0 Å². The van der Waals surface area contributed by atoms with Gasteiger partial charge in [-0.05, 0) is 55.3 Å². The summed E-state index contributed by atoms with van der Waals surface area (Å²) in [6.45, 7) is 2.76. The molecule has 0 spiro atoms. The minimum atomic E-state index is 0.772. The molecule has 1 aromatic carbocycles. The van der Waals surface area contributed by atoms with Gasteiger partial charge in [0, 0.05) is 11.4 Å². The first-order chi connectivity index (χ1) is 7.90. The van der Waals surface area contributed by atoms with Crippen LogP contribution in [0.15, 0.2) is 23.1 Å². The molecule has 0 saturated heterocycles. The van der Waals surface area contributed by atoms with Gasteiger partial charge in [-0.2, -0.15) is 0 Å². The van der Waals surface area contributed by atoms with Crippen molar-refractivity contribution >= 4 is 11.8 Å². The molecule has 3 N–H and O–H groups in total. The Labute approximate surface area is 102 Å². The van der Waals surface area contributed by atoms with E-state index in [4.69, 9.17) is 5.73 Å². The van der Waals surface area contributed by atoms with E-state index < -0.39 is 0 Å². The zero-order chi connectivity index (χ0) is 11.2. The summed E-state index contributed by atoms with van der Waals surface area (Å²) in [7, 11) is 0. The van der Waals surface area contributed by atoms with E-state index >= 15 is 0 Å². The average molecular weight is 236 g/mol. The van der Waals surface area contributed by atoms with Crippen LogP contribution in [0.3, 0.4) is 0 Å². The smallest absolute Gasteiger partial charge is 0.0205 e. The molecular weight excluding hydrogens is 216 g/mol. The van der Waals surface area contributed by atoms with E-state index in [0.29, 0.717) is 0 Å². The van der Waals surface area contributed by atoms with Crippen molar-refractivity contribution in [2.24, 2.45) is 5.73 Å².